The van der Waals surface area contributed by atoms with E-state index in [9.17, 15) is 14.7 Å². The van der Waals surface area contributed by atoms with Crippen LogP contribution in [0.2, 0.25) is 0 Å². The van der Waals surface area contributed by atoms with Crippen LogP contribution in [0.5, 0.6) is 28.9 Å². The van der Waals surface area contributed by atoms with Crippen LogP contribution in [0.25, 0.3) is 6.08 Å². The molecular weight excluding hydrogens is 426 g/mol. The number of methoxy groups -OCH3 is 2. The molecule has 0 bridgehead atoms. The first-order chi connectivity index (χ1) is 16.0. The Hall–Kier alpha value is -4.33. The van der Waals surface area contributed by atoms with Crippen LogP contribution >= 0.6 is 0 Å². The van der Waals surface area contributed by atoms with Gasteiger partial charge in [-0.05, 0) is 42.0 Å². The third-order valence-corrected chi connectivity index (χ3v) is 5.67. The van der Waals surface area contributed by atoms with Gasteiger partial charge < -0.3 is 24.1 Å². The smallest absolute Gasteiger partial charge is 0.306 e. The van der Waals surface area contributed by atoms with E-state index in [0.717, 1.165) is 0 Å². The van der Waals surface area contributed by atoms with Crippen molar-refractivity contribution in [2.45, 2.75) is 12.3 Å². The second-order valence-electron chi connectivity index (χ2n) is 7.56. The minimum atomic E-state index is -0.461. The number of nitrogens with zero attached hydrogens (tertiary/aromatic N) is 1. The molecule has 0 amide bonds. The van der Waals surface area contributed by atoms with Crippen molar-refractivity contribution in [3.05, 3.63) is 76.7 Å². The minimum Gasteiger partial charge on any atom is -0.504 e. The molecule has 0 unspecified atom stereocenters. The number of aromatic hydroxyl groups is 1. The SMILES string of the molecule is COC(=O)C[C@H]1c2cccnc2Oc2ccc3c(c21)O/C(=C\c1ccc(OC)c(O)c1)C3=O. The van der Waals surface area contributed by atoms with Gasteiger partial charge in [-0.3, -0.25) is 9.59 Å². The van der Waals surface area contributed by atoms with E-state index < -0.39 is 11.9 Å². The van der Waals surface area contributed by atoms with Crippen LogP contribution in [0.4, 0.5) is 0 Å². The van der Waals surface area contributed by atoms with Gasteiger partial charge in [0.1, 0.15) is 11.5 Å². The average Bonchev–Trinajstić information content (AvgIpc) is 3.14. The zero-order chi connectivity index (χ0) is 23.1. The summed E-state index contributed by atoms with van der Waals surface area (Å²) in [7, 11) is 2.78. The van der Waals surface area contributed by atoms with Crippen molar-refractivity contribution in [3.8, 4) is 28.9 Å². The second-order valence-corrected chi connectivity index (χ2v) is 7.56. The van der Waals surface area contributed by atoms with Crippen LogP contribution in [0.1, 0.15) is 39.4 Å². The van der Waals surface area contributed by atoms with Gasteiger partial charge in [0.05, 0.1) is 26.2 Å². The molecule has 1 atom stereocenters. The number of carbonyl (C=O) groups is 2. The maximum absolute atomic E-state index is 13.1. The molecule has 2 aliphatic heterocycles. The first-order valence-electron chi connectivity index (χ1n) is 10.2. The van der Waals surface area contributed by atoms with Crippen LogP contribution in [0.3, 0.4) is 0 Å². The summed E-state index contributed by atoms with van der Waals surface area (Å²) in [6.45, 7) is 0. The quantitative estimate of drug-likeness (QED) is 0.470. The van der Waals surface area contributed by atoms with Crippen LogP contribution in [0.15, 0.2) is 54.4 Å². The summed E-state index contributed by atoms with van der Waals surface area (Å²) in [5.74, 6) is 0.383. The second kappa shape index (κ2) is 7.98. The number of allylic oxidation sites excluding steroid dienone is 1. The summed E-state index contributed by atoms with van der Waals surface area (Å²) in [5.41, 5.74) is 2.23. The number of phenols is 1. The number of Topliss-reactive ketones (excluding diaryl/α,β-unsaturated/α-hetero) is 1. The van der Waals surface area contributed by atoms with E-state index in [-0.39, 0.29) is 23.7 Å². The number of esters is 1. The largest absolute Gasteiger partial charge is 0.504 e. The molecule has 5 rings (SSSR count). The van der Waals surface area contributed by atoms with Crippen LogP contribution in [0, 0.1) is 0 Å². The number of fused-ring (bicyclic) bond motifs is 4. The molecule has 33 heavy (non-hydrogen) atoms. The molecule has 2 aromatic carbocycles. The third-order valence-electron chi connectivity index (χ3n) is 5.67. The number of carbonyl (C=O) groups excluding carboxylic acids is 2. The van der Waals surface area contributed by atoms with Crippen molar-refractivity contribution in [1.29, 1.82) is 0 Å². The van der Waals surface area contributed by atoms with E-state index in [1.807, 2.05) is 6.07 Å². The summed E-state index contributed by atoms with van der Waals surface area (Å²) in [4.78, 5) is 29.6. The highest BCUT2D eigenvalue weighted by Crippen LogP contribution is 2.52. The molecule has 2 aliphatic rings. The predicted molar refractivity (Wildman–Crippen MR) is 117 cm³/mol. The number of benzene rings is 2. The maximum atomic E-state index is 13.1. The van der Waals surface area contributed by atoms with E-state index in [2.05, 4.69) is 4.98 Å². The molecule has 8 nitrogen and oxygen atoms in total. The normalized spacial score (nSPS) is 16.8. The Morgan fingerprint density at radius 1 is 1.18 bits per heavy atom. The molecule has 1 aromatic heterocycles. The van der Waals surface area contributed by atoms with E-state index in [1.165, 1.54) is 20.3 Å². The summed E-state index contributed by atoms with van der Waals surface area (Å²) in [6, 6.07) is 11.7. The molecule has 0 fully saturated rings. The molecule has 0 spiro atoms. The lowest BCUT2D eigenvalue weighted by Gasteiger charge is -2.27. The fourth-order valence-electron chi connectivity index (χ4n) is 4.10. The lowest BCUT2D eigenvalue weighted by Crippen LogP contribution is -2.16. The van der Waals surface area contributed by atoms with E-state index >= 15 is 0 Å². The molecule has 8 heteroatoms. The average molecular weight is 445 g/mol. The van der Waals surface area contributed by atoms with Gasteiger partial charge in [-0.25, -0.2) is 4.98 Å². The molecule has 0 aliphatic carbocycles. The maximum Gasteiger partial charge on any atom is 0.306 e. The van der Waals surface area contributed by atoms with Crippen molar-refractivity contribution >= 4 is 17.8 Å². The minimum absolute atomic E-state index is 0.0327. The van der Waals surface area contributed by atoms with Crippen molar-refractivity contribution in [3.63, 3.8) is 0 Å². The molecule has 1 N–H and O–H groups in total. The van der Waals surface area contributed by atoms with Crippen molar-refractivity contribution < 1.29 is 33.6 Å². The lowest BCUT2D eigenvalue weighted by atomic mass is 9.85. The fraction of sp³-hybridized carbons (Fsp3) is 0.160. The fourth-order valence-corrected chi connectivity index (χ4v) is 4.10. The Morgan fingerprint density at radius 2 is 2.03 bits per heavy atom. The highest BCUT2D eigenvalue weighted by Gasteiger charge is 2.39. The highest BCUT2D eigenvalue weighted by molar-refractivity contribution is 6.15. The summed E-state index contributed by atoms with van der Waals surface area (Å²) in [5, 5.41) is 10.1. The van der Waals surface area contributed by atoms with Crippen molar-refractivity contribution in [1.82, 2.24) is 4.98 Å². The zero-order valence-electron chi connectivity index (χ0n) is 17.8. The van der Waals surface area contributed by atoms with Gasteiger partial charge in [-0.15, -0.1) is 0 Å². The van der Waals surface area contributed by atoms with E-state index in [4.69, 9.17) is 18.9 Å². The Labute approximate surface area is 189 Å². The lowest BCUT2D eigenvalue weighted by molar-refractivity contribution is -0.140. The first kappa shape index (κ1) is 20.6. The number of ketones is 1. The molecular formula is C25H19NO7. The van der Waals surface area contributed by atoms with Crippen LogP contribution < -0.4 is 14.2 Å². The van der Waals surface area contributed by atoms with Gasteiger partial charge >= 0.3 is 5.97 Å². The topological polar surface area (TPSA) is 104 Å². The van der Waals surface area contributed by atoms with Gasteiger partial charge in [0.25, 0.3) is 0 Å². The number of aromatic nitrogens is 1. The van der Waals surface area contributed by atoms with Crippen LogP contribution in [-0.2, 0) is 9.53 Å². The number of hydrogen-bond donors (Lipinski definition) is 1. The number of phenolic OH excluding ortho intramolecular Hbond substituents is 1. The number of hydrogen-bond acceptors (Lipinski definition) is 8. The molecule has 0 radical (unpaired) electrons. The Balaban J connectivity index is 1.59. The van der Waals surface area contributed by atoms with E-state index in [1.54, 1.807) is 42.6 Å². The molecule has 0 saturated carbocycles. The van der Waals surface area contributed by atoms with E-state index in [0.29, 0.717) is 45.4 Å². The number of ether oxygens (including phenoxy) is 4. The summed E-state index contributed by atoms with van der Waals surface area (Å²) < 4.78 is 21.9. The number of rotatable bonds is 4. The Kier molecular flexibility index (Phi) is 4.97. The van der Waals surface area contributed by atoms with Gasteiger partial charge in [0.2, 0.25) is 11.7 Å². The van der Waals surface area contributed by atoms with Crippen molar-refractivity contribution in [2.24, 2.45) is 0 Å². The van der Waals surface area contributed by atoms with Gasteiger partial charge in [0.15, 0.2) is 17.3 Å². The molecule has 3 heterocycles. The first-order valence-corrected chi connectivity index (χ1v) is 10.2. The predicted octanol–water partition coefficient (Wildman–Crippen LogP) is 4.21. The number of pyridine rings is 1. The summed E-state index contributed by atoms with van der Waals surface area (Å²) >= 11 is 0. The molecule has 0 saturated heterocycles. The highest BCUT2D eigenvalue weighted by atomic mass is 16.5. The van der Waals surface area contributed by atoms with Gasteiger partial charge in [0, 0.05) is 23.2 Å². The monoisotopic (exact) mass is 445 g/mol. The molecule has 3 aromatic rings. The molecule has 166 valence electrons. The standard InChI is InChI=1S/C25H19NO7/c1-30-18-7-5-13(10-17(18)27)11-20-23(29)15-6-8-19-22(24(15)32-20)16(12-21(28)31-2)14-4-3-9-26-25(14)33-19/h3-11,16,27H,12H2,1-2H3/b20-11-/t16-/m0/s1. The zero-order valence-corrected chi connectivity index (χ0v) is 17.8. The van der Waals surface area contributed by atoms with Gasteiger partial charge in [-0.2, -0.15) is 0 Å². The Morgan fingerprint density at radius 3 is 2.79 bits per heavy atom. The van der Waals surface area contributed by atoms with Crippen LogP contribution in [-0.4, -0.2) is 36.1 Å². The van der Waals surface area contributed by atoms with Crippen molar-refractivity contribution in [2.75, 3.05) is 14.2 Å². The third kappa shape index (κ3) is 3.45. The van der Waals surface area contributed by atoms with Gasteiger partial charge in [-0.1, -0.05) is 12.1 Å². The Bertz CT molecular complexity index is 1330. The summed E-state index contributed by atoms with van der Waals surface area (Å²) in [6.07, 6.45) is 3.19.